The van der Waals surface area contributed by atoms with Crippen molar-refractivity contribution in [2.75, 3.05) is 0 Å². The van der Waals surface area contributed by atoms with Crippen molar-refractivity contribution >= 4 is 29.3 Å². The smallest absolute Gasteiger partial charge is 0.343 e. The van der Waals surface area contributed by atoms with Gasteiger partial charge in [-0.1, -0.05) is 393 Å². The fourth-order valence-corrected chi connectivity index (χ4v) is 7.18. The molecule has 516 valence electrons. The topological polar surface area (TPSA) is 104 Å². The lowest BCUT2D eigenvalue weighted by atomic mass is 10.0. The maximum atomic E-state index is 11.8. The summed E-state index contributed by atoms with van der Waals surface area (Å²) in [5.41, 5.74) is 6.97. The van der Waals surface area contributed by atoms with E-state index in [1.807, 2.05) is 393 Å². The first-order valence-corrected chi connectivity index (χ1v) is 34.8. The summed E-state index contributed by atoms with van der Waals surface area (Å²) >= 11 is 0. The first-order valence-electron chi connectivity index (χ1n) is 34.8. The molecule has 7 heteroatoms. The van der Waals surface area contributed by atoms with E-state index in [-0.39, 0.29) is 29.3 Å². The minimum Gasteiger partial charge on any atom is -0.423 e. The molecule has 0 aliphatic heterocycles. The number of rotatable bonds is 14. The Kier molecular flexibility index (Phi) is 71.7. The van der Waals surface area contributed by atoms with Crippen LogP contribution in [-0.2, 0) is 30.5 Å². The highest BCUT2D eigenvalue weighted by Gasteiger charge is 2.09. The summed E-state index contributed by atoms with van der Waals surface area (Å²) in [6.45, 7) is 40.0. The minimum atomic E-state index is -0.332. The summed E-state index contributed by atoms with van der Waals surface area (Å²) in [7, 11) is 0. The molecule has 10 aromatic rings. The quantitative estimate of drug-likeness (QED) is 0.0607. The van der Waals surface area contributed by atoms with Gasteiger partial charge in [0, 0.05) is 36.8 Å². The predicted octanol–water partition coefficient (Wildman–Crippen LogP) is 25.3. The minimum absolute atomic E-state index is 0.168. The summed E-state index contributed by atoms with van der Waals surface area (Å²) in [6, 6.07) is 94.1. The lowest BCUT2D eigenvalue weighted by Gasteiger charge is -2.02. The summed E-state index contributed by atoms with van der Waals surface area (Å²) < 4.78 is 10.3. The van der Waals surface area contributed by atoms with Crippen molar-refractivity contribution in [1.29, 1.82) is 0 Å². The van der Waals surface area contributed by atoms with E-state index in [0.29, 0.717) is 48.3 Å². The van der Waals surface area contributed by atoms with Crippen molar-refractivity contribution in [3.63, 3.8) is 0 Å². The second kappa shape index (κ2) is 72.6. The molecule has 0 saturated carbocycles. The number of carbonyl (C=O) groups excluding carboxylic acids is 5. The second-order valence-electron chi connectivity index (χ2n) is 16.9. The Hall–Kier alpha value is -9.85. The Bertz CT molecular complexity index is 2820. The van der Waals surface area contributed by atoms with Gasteiger partial charge >= 0.3 is 11.9 Å². The number of benzene rings is 10. The number of hydrogen-bond donors (Lipinski definition) is 0. The lowest BCUT2D eigenvalue weighted by molar-refractivity contribution is -0.117. The maximum absolute atomic E-state index is 11.8. The lowest BCUT2D eigenvalue weighted by Crippen LogP contribution is -2.07. The number of ketones is 3. The van der Waals surface area contributed by atoms with Gasteiger partial charge < -0.3 is 9.47 Å². The molecule has 0 aromatic heterocycles. The zero-order valence-electron chi connectivity index (χ0n) is 62.1. The molecule has 0 bridgehead atoms. The predicted molar refractivity (Wildman–Crippen MR) is 416 cm³/mol. The first kappa shape index (κ1) is 94.9. The molecule has 0 unspecified atom stereocenters. The van der Waals surface area contributed by atoms with Gasteiger partial charge in [-0.3, -0.25) is 14.4 Å². The van der Waals surface area contributed by atoms with Crippen LogP contribution in [0.2, 0.25) is 0 Å². The standard InChI is InChI=1S/C15H14O.2C14H12O.2C13H10O2.10C2H6/c16-15(11-13-7-3-1-4-8-13)12-14-9-5-2-6-10-14;2*15-14(13-9-5-2-6-10-13)11-12-7-3-1-4-8-12;2*14-13(11-7-3-1-4-8-11)15-12-9-5-2-6-10-12;10*1-2/h1-10H,11-12H2;2*1-10H,11H2;2*1-10H;10*1-2H3. The number of carbonyl (C=O) groups is 5. The molecule has 0 aliphatic carbocycles. The van der Waals surface area contributed by atoms with Gasteiger partial charge in [-0.05, 0) is 70.8 Å². The number of ether oxygens (including phenoxy) is 2. The van der Waals surface area contributed by atoms with Crippen LogP contribution in [-0.4, -0.2) is 29.3 Å². The molecule has 0 atom stereocenters. The molecule has 10 rings (SSSR count). The van der Waals surface area contributed by atoms with Gasteiger partial charge in [0.15, 0.2) is 11.6 Å². The molecule has 0 aliphatic rings. The molecule has 96 heavy (non-hydrogen) atoms. The van der Waals surface area contributed by atoms with Crippen LogP contribution in [0.3, 0.4) is 0 Å². The highest BCUT2D eigenvalue weighted by molar-refractivity contribution is 5.98. The summed E-state index contributed by atoms with van der Waals surface area (Å²) in [5, 5.41) is 0. The highest BCUT2D eigenvalue weighted by atomic mass is 16.5. The summed E-state index contributed by atoms with van der Waals surface area (Å²) in [6.07, 6.45) is 2.00. The van der Waals surface area contributed by atoms with Crippen molar-refractivity contribution < 1.29 is 33.4 Å². The summed E-state index contributed by atoms with van der Waals surface area (Å²) in [5.74, 6) is 1.06. The molecule has 0 saturated heterocycles. The van der Waals surface area contributed by atoms with E-state index in [1.165, 1.54) is 0 Å². The molecule has 0 amide bonds. The fraction of sp³-hybridized carbons (Fsp3) is 0.270. The second-order valence-corrected chi connectivity index (χ2v) is 16.9. The Morgan fingerprint density at radius 2 is 0.354 bits per heavy atom. The van der Waals surface area contributed by atoms with Gasteiger partial charge in [-0.15, -0.1) is 0 Å². The molecule has 10 aromatic carbocycles. The van der Waals surface area contributed by atoms with E-state index >= 15 is 0 Å². The third-order valence-electron chi connectivity index (χ3n) is 11.0. The van der Waals surface area contributed by atoms with Crippen molar-refractivity contribution in [1.82, 2.24) is 0 Å². The molecule has 0 radical (unpaired) electrons. The van der Waals surface area contributed by atoms with Crippen LogP contribution in [0.25, 0.3) is 0 Å². The Balaban J connectivity index is -0.000000336. The van der Waals surface area contributed by atoms with Crippen LogP contribution in [0, 0.1) is 0 Å². The van der Waals surface area contributed by atoms with E-state index < -0.39 is 0 Å². The third-order valence-corrected chi connectivity index (χ3v) is 11.0. The normalized spacial score (nSPS) is 8.38. The molecule has 0 N–H and O–H groups in total. The van der Waals surface area contributed by atoms with E-state index in [0.717, 1.165) is 33.4 Å². The van der Waals surface area contributed by atoms with Crippen LogP contribution in [0.1, 0.15) is 202 Å². The first-order chi connectivity index (χ1) is 47.3. The fourth-order valence-electron chi connectivity index (χ4n) is 7.18. The van der Waals surface area contributed by atoms with Crippen LogP contribution >= 0.6 is 0 Å². The van der Waals surface area contributed by atoms with Crippen molar-refractivity contribution in [2.45, 2.75) is 164 Å². The van der Waals surface area contributed by atoms with Crippen LogP contribution in [0.15, 0.2) is 303 Å². The Morgan fingerprint density at radius 3 is 0.552 bits per heavy atom. The molecular formula is C89H118O7. The van der Waals surface area contributed by atoms with E-state index in [4.69, 9.17) is 9.47 Å². The molecule has 0 spiro atoms. The third kappa shape index (κ3) is 48.0. The number of para-hydroxylation sites is 2. The average Bonchev–Trinajstić information content (AvgIpc) is 2.20. The monoisotopic (exact) mass is 1300 g/mol. The Morgan fingerprint density at radius 1 is 0.198 bits per heavy atom. The molecule has 0 heterocycles. The van der Waals surface area contributed by atoms with Gasteiger partial charge in [-0.25, -0.2) is 9.59 Å². The molecule has 7 nitrogen and oxygen atoms in total. The van der Waals surface area contributed by atoms with E-state index in [9.17, 15) is 24.0 Å². The van der Waals surface area contributed by atoms with Gasteiger partial charge in [0.2, 0.25) is 0 Å². The summed E-state index contributed by atoms with van der Waals surface area (Å²) in [4.78, 5) is 58.6. The van der Waals surface area contributed by atoms with Crippen molar-refractivity contribution in [3.8, 4) is 11.5 Å². The SMILES string of the molecule is CC.CC.CC.CC.CC.CC.CC.CC.CC.CC.O=C(Cc1ccccc1)Cc1ccccc1.O=C(Cc1ccccc1)c1ccccc1.O=C(Cc1ccccc1)c1ccccc1.O=C(Oc1ccccc1)c1ccccc1.O=C(Oc1ccccc1)c1ccccc1. The van der Waals surface area contributed by atoms with Gasteiger partial charge in [0.25, 0.3) is 0 Å². The van der Waals surface area contributed by atoms with Gasteiger partial charge in [0.1, 0.15) is 17.3 Å². The molecular weight excluding hydrogens is 1180 g/mol. The average molecular weight is 1300 g/mol. The van der Waals surface area contributed by atoms with Gasteiger partial charge in [0.05, 0.1) is 11.1 Å². The van der Waals surface area contributed by atoms with Crippen LogP contribution < -0.4 is 9.47 Å². The zero-order valence-corrected chi connectivity index (χ0v) is 62.1. The van der Waals surface area contributed by atoms with Crippen LogP contribution in [0.4, 0.5) is 0 Å². The number of hydrogen-bond acceptors (Lipinski definition) is 7. The van der Waals surface area contributed by atoms with E-state index in [1.54, 1.807) is 48.5 Å². The van der Waals surface area contributed by atoms with Crippen molar-refractivity contribution in [3.05, 3.63) is 348 Å². The Labute approximate surface area is 583 Å². The van der Waals surface area contributed by atoms with Crippen molar-refractivity contribution in [2.24, 2.45) is 0 Å². The number of Topliss-reactive ketones (excluding diaryl/α,β-unsaturated/α-hetero) is 3. The maximum Gasteiger partial charge on any atom is 0.343 e. The zero-order chi connectivity index (χ0) is 73.3. The highest BCUT2D eigenvalue weighted by Crippen LogP contribution is 2.14. The number of esters is 2. The van der Waals surface area contributed by atoms with E-state index in [2.05, 4.69) is 0 Å². The van der Waals surface area contributed by atoms with Gasteiger partial charge in [-0.2, -0.15) is 0 Å². The largest absolute Gasteiger partial charge is 0.423 e. The van der Waals surface area contributed by atoms with Crippen LogP contribution in [0.5, 0.6) is 11.5 Å². The molecule has 0 fully saturated rings.